The molecule has 8 heteroatoms. The Morgan fingerprint density at radius 2 is 1.77 bits per heavy atom. The lowest BCUT2D eigenvalue weighted by Gasteiger charge is -2.33. The predicted molar refractivity (Wildman–Crippen MR) is 173 cm³/mol. The summed E-state index contributed by atoms with van der Waals surface area (Å²) in [5, 5.41) is 5.03. The van der Waals surface area contributed by atoms with Gasteiger partial charge < -0.3 is 19.7 Å². The zero-order valence-electron chi connectivity index (χ0n) is 22.9. The molecular weight excluding hydrogens is 602 g/mol. The summed E-state index contributed by atoms with van der Waals surface area (Å²) < 4.78 is 3.36. The van der Waals surface area contributed by atoms with Crippen LogP contribution in [0.3, 0.4) is 0 Å². The van der Waals surface area contributed by atoms with Crippen molar-refractivity contribution in [1.82, 2.24) is 14.9 Å². The van der Waals surface area contributed by atoms with E-state index in [1.54, 1.807) is 0 Å². The molecule has 0 bridgehead atoms. The van der Waals surface area contributed by atoms with Crippen LogP contribution in [0, 0.1) is 19.8 Å². The van der Waals surface area contributed by atoms with Gasteiger partial charge in [-0.05, 0) is 105 Å². The normalized spacial score (nSPS) is 19.8. The summed E-state index contributed by atoms with van der Waals surface area (Å²) in [7, 11) is 0. The van der Waals surface area contributed by atoms with E-state index in [9.17, 15) is 0 Å². The average Bonchev–Trinajstić information content (AvgIpc) is 3.44. The number of aryl methyl sites for hydroxylation is 1. The van der Waals surface area contributed by atoms with Crippen LogP contribution < -0.4 is 15.1 Å². The van der Waals surface area contributed by atoms with Crippen LogP contribution in [0.15, 0.2) is 77.4 Å². The maximum absolute atomic E-state index is 6.97. The van der Waals surface area contributed by atoms with Crippen molar-refractivity contribution in [2.75, 3.05) is 22.9 Å². The first kappa shape index (κ1) is 27.3. The minimum Gasteiger partial charge on any atom is -0.370 e. The fourth-order valence-electron chi connectivity index (χ4n) is 6.20. The van der Waals surface area contributed by atoms with Gasteiger partial charge in [0.05, 0.1) is 28.5 Å². The number of halogens is 2. The number of nitrogens with one attached hydrogen (secondary N) is 1. The molecule has 1 N–H and O–H groups in total. The highest BCUT2D eigenvalue weighted by Gasteiger charge is 2.42. The summed E-state index contributed by atoms with van der Waals surface area (Å²) >= 11 is 16.6. The fraction of sp³-hybridized carbons (Fsp3) is 0.312. The van der Waals surface area contributed by atoms with Crippen molar-refractivity contribution in [1.29, 1.82) is 0 Å². The molecule has 0 radical (unpaired) electrons. The van der Waals surface area contributed by atoms with Gasteiger partial charge in [-0.25, -0.2) is 0 Å². The van der Waals surface area contributed by atoms with Crippen LogP contribution in [0.5, 0.6) is 0 Å². The lowest BCUT2D eigenvalue weighted by atomic mass is 9.96. The summed E-state index contributed by atoms with van der Waals surface area (Å²) in [6, 6.07) is 22.9. The van der Waals surface area contributed by atoms with Crippen molar-refractivity contribution < 1.29 is 0 Å². The number of anilines is 2. The van der Waals surface area contributed by atoms with Crippen molar-refractivity contribution >= 4 is 56.2 Å². The van der Waals surface area contributed by atoms with Gasteiger partial charge in [-0.15, -0.1) is 0 Å². The van der Waals surface area contributed by atoms with E-state index in [0.717, 1.165) is 57.0 Å². The van der Waals surface area contributed by atoms with E-state index in [0.29, 0.717) is 5.11 Å². The molecule has 2 aliphatic heterocycles. The van der Waals surface area contributed by atoms with Crippen LogP contribution in [0.4, 0.5) is 11.4 Å². The summed E-state index contributed by atoms with van der Waals surface area (Å²) in [6.07, 6.45) is 4.23. The van der Waals surface area contributed by atoms with Crippen molar-refractivity contribution in [3.8, 4) is 5.69 Å². The maximum Gasteiger partial charge on any atom is 0.174 e. The van der Waals surface area contributed by atoms with Gasteiger partial charge in [-0.2, -0.15) is 0 Å². The average molecular weight is 635 g/mol. The van der Waals surface area contributed by atoms with Gasteiger partial charge >= 0.3 is 0 Å². The number of pyridine rings is 1. The van der Waals surface area contributed by atoms with Crippen molar-refractivity contribution in [2.24, 2.45) is 5.92 Å². The van der Waals surface area contributed by atoms with Gasteiger partial charge in [0.1, 0.15) is 0 Å². The fourth-order valence-corrected chi connectivity index (χ4v) is 7.23. The van der Waals surface area contributed by atoms with Gasteiger partial charge in [0.15, 0.2) is 5.11 Å². The van der Waals surface area contributed by atoms with E-state index in [1.807, 2.05) is 18.3 Å². The molecule has 206 valence electrons. The lowest BCUT2D eigenvalue weighted by molar-refractivity contribution is 0.438. The molecule has 0 spiro atoms. The Bertz CT molecular complexity index is 1550. The van der Waals surface area contributed by atoms with Gasteiger partial charge in [0, 0.05) is 46.5 Å². The van der Waals surface area contributed by atoms with Crippen LogP contribution in [0.25, 0.3) is 5.69 Å². The second kappa shape index (κ2) is 11.2. The molecule has 2 aromatic heterocycles. The second-order valence-electron chi connectivity index (χ2n) is 10.9. The Hall–Kier alpha value is -2.87. The Kier molecular flexibility index (Phi) is 7.64. The molecule has 5 nitrogen and oxygen atoms in total. The van der Waals surface area contributed by atoms with Crippen molar-refractivity contribution in [3.05, 3.63) is 105 Å². The standard InChI is InChI=1S/C32H33BrClN5S/c1-20-12-15-37(16-13-20)29-11-10-25(19-27(29)34)39-31(30(36-32(39)40)28-9-4-5-14-35-28)26-17-21(2)38(22(26)3)24-8-6-7-23(33)18-24/h4-11,14,17-20,30-31H,12-13,15-16H2,1-3H3,(H,36,40)/t30-,31+/m1/s1. The predicted octanol–water partition coefficient (Wildman–Crippen LogP) is 8.32. The number of nitrogens with zero attached hydrogens (tertiary/aromatic N) is 4. The van der Waals surface area contributed by atoms with Crippen LogP contribution in [0.2, 0.25) is 5.02 Å². The number of rotatable bonds is 5. The third-order valence-electron chi connectivity index (χ3n) is 8.29. The molecule has 2 aromatic carbocycles. The maximum atomic E-state index is 6.97. The SMILES string of the molecule is Cc1cc([C@H]2[C@@H](c3ccccn3)NC(=S)N2c2ccc(N3CCC(C)CC3)c(Cl)c2)c(C)n1-c1cccc(Br)c1. The summed E-state index contributed by atoms with van der Waals surface area (Å²) in [4.78, 5) is 9.36. The summed E-state index contributed by atoms with van der Waals surface area (Å²) in [6.45, 7) is 8.75. The third kappa shape index (κ3) is 5.04. The number of hydrogen-bond donors (Lipinski definition) is 1. The van der Waals surface area contributed by atoms with Gasteiger partial charge in [-0.1, -0.05) is 46.6 Å². The zero-order valence-corrected chi connectivity index (χ0v) is 26.1. The molecule has 4 heterocycles. The largest absolute Gasteiger partial charge is 0.370 e. The van der Waals surface area contributed by atoms with Crippen LogP contribution in [0.1, 0.15) is 54.5 Å². The minimum atomic E-state index is -0.118. The molecule has 0 saturated carbocycles. The first-order valence-corrected chi connectivity index (χ1v) is 15.4. The van der Waals surface area contributed by atoms with E-state index in [-0.39, 0.29) is 12.1 Å². The minimum absolute atomic E-state index is 0.104. The molecule has 2 atom stereocenters. The first-order chi connectivity index (χ1) is 19.3. The molecule has 2 aliphatic rings. The highest BCUT2D eigenvalue weighted by atomic mass is 79.9. The molecule has 40 heavy (non-hydrogen) atoms. The number of thiocarbonyl (C=S) groups is 1. The van der Waals surface area contributed by atoms with E-state index in [1.165, 1.54) is 24.1 Å². The highest BCUT2D eigenvalue weighted by molar-refractivity contribution is 9.10. The summed E-state index contributed by atoms with van der Waals surface area (Å²) in [5.41, 5.74) is 7.68. The van der Waals surface area contributed by atoms with E-state index in [2.05, 4.69) is 111 Å². The quantitative estimate of drug-likeness (QED) is 0.224. The molecule has 6 rings (SSSR count). The number of benzene rings is 2. The van der Waals surface area contributed by atoms with Crippen LogP contribution in [-0.2, 0) is 0 Å². The molecule has 2 fully saturated rings. The first-order valence-electron chi connectivity index (χ1n) is 13.8. The monoisotopic (exact) mass is 633 g/mol. The molecular formula is C32H33BrClN5S. The second-order valence-corrected chi connectivity index (χ2v) is 12.7. The Morgan fingerprint density at radius 1 is 0.975 bits per heavy atom. The Balaban J connectivity index is 1.44. The Morgan fingerprint density at radius 3 is 2.48 bits per heavy atom. The number of hydrogen-bond acceptors (Lipinski definition) is 3. The molecule has 4 aromatic rings. The molecule has 0 unspecified atom stereocenters. The van der Waals surface area contributed by atoms with Gasteiger partial charge in [0.2, 0.25) is 0 Å². The third-order valence-corrected chi connectivity index (χ3v) is 9.40. The zero-order chi connectivity index (χ0) is 28.0. The molecule has 2 saturated heterocycles. The van der Waals surface area contributed by atoms with E-state index >= 15 is 0 Å². The highest BCUT2D eigenvalue weighted by Crippen LogP contribution is 2.45. The van der Waals surface area contributed by atoms with Crippen LogP contribution in [-0.4, -0.2) is 27.8 Å². The molecule has 0 aliphatic carbocycles. The lowest BCUT2D eigenvalue weighted by Crippen LogP contribution is -2.33. The summed E-state index contributed by atoms with van der Waals surface area (Å²) in [5.74, 6) is 0.766. The number of piperidine rings is 1. The van der Waals surface area contributed by atoms with Gasteiger partial charge in [-0.3, -0.25) is 4.98 Å². The molecule has 0 amide bonds. The number of aromatic nitrogens is 2. The van der Waals surface area contributed by atoms with Gasteiger partial charge in [0.25, 0.3) is 0 Å². The van der Waals surface area contributed by atoms with Crippen molar-refractivity contribution in [3.63, 3.8) is 0 Å². The Labute approximate surface area is 255 Å². The van der Waals surface area contributed by atoms with E-state index in [4.69, 9.17) is 28.8 Å². The topological polar surface area (TPSA) is 36.3 Å². The smallest absolute Gasteiger partial charge is 0.174 e. The van der Waals surface area contributed by atoms with Crippen LogP contribution >= 0.6 is 39.7 Å². The van der Waals surface area contributed by atoms with E-state index < -0.39 is 0 Å². The van der Waals surface area contributed by atoms with Crippen molar-refractivity contribution in [2.45, 2.75) is 45.7 Å².